The predicted molar refractivity (Wildman–Crippen MR) is 197 cm³/mol. The summed E-state index contributed by atoms with van der Waals surface area (Å²) in [5, 5.41) is 0. The van der Waals surface area contributed by atoms with Gasteiger partial charge in [-0.3, -0.25) is 0 Å². The van der Waals surface area contributed by atoms with Gasteiger partial charge in [0.2, 0.25) is 0 Å². The number of rotatable bonds is 15. The molecule has 5 aromatic carbocycles. The quantitative estimate of drug-likeness (QED) is 0.108. The van der Waals surface area contributed by atoms with Crippen molar-refractivity contribution in [1.29, 1.82) is 0 Å². The lowest BCUT2D eigenvalue weighted by Crippen LogP contribution is -2.62. The Labute approximate surface area is 299 Å². The molecule has 254 valence electrons. The lowest BCUT2D eigenvalue weighted by molar-refractivity contribution is -0.275. The van der Waals surface area contributed by atoms with Gasteiger partial charge in [-0.05, 0) is 52.4 Å². The molecule has 1 aliphatic rings. The van der Waals surface area contributed by atoms with E-state index in [1.54, 1.807) is 0 Å². The third-order valence-electron chi connectivity index (χ3n) is 9.13. The number of hydrogen-bond donors (Lipinski definition) is 0. The summed E-state index contributed by atoms with van der Waals surface area (Å²) >= 11 is 3.65. The van der Waals surface area contributed by atoms with Crippen LogP contribution in [0.2, 0.25) is 0 Å². The van der Waals surface area contributed by atoms with Gasteiger partial charge in [-0.15, -0.1) is 0 Å². The molecule has 0 aromatic heterocycles. The molecule has 0 saturated carbocycles. The smallest absolute Gasteiger partial charge is 0.115 e. The molecule has 0 amide bonds. The second-order valence-electron chi connectivity index (χ2n) is 12.7. The highest BCUT2D eigenvalue weighted by molar-refractivity contribution is 9.10. The van der Waals surface area contributed by atoms with Gasteiger partial charge in [0.05, 0.1) is 39.1 Å². The van der Waals surface area contributed by atoms with Crippen molar-refractivity contribution in [2.45, 2.75) is 76.7 Å². The first kappa shape index (κ1) is 35.2. The normalized spacial score (nSPS) is 21.3. The van der Waals surface area contributed by atoms with Gasteiger partial charge in [-0.2, -0.15) is 0 Å². The maximum Gasteiger partial charge on any atom is 0.115 e. The van der Waals surface area contributed by atoms with Crippen LogP contribution in [0.1, 0.15) is 46.2 Å². The maximum absolute atomic E-state index is 7.14. The van der Waals surface area contributed by atoms with Gasteiger partial charge in [0.15, 0.2) is 0 Å². The summed E-state index contributed by atoms with van der Waals surface area (Å²) in [7, 11) is 0. The van der Waals surface area contributed by atoms with E-state index >= 15 is 0 Å². The second-order valence-corrected chi connectivity index (χ2v) is 13.6. The van der Waals surface area contributed by atoms with Crippen molar-refractivity contribution in [3.63, 3.8) is 0 Å². The molecule has 1 heterocycles. The molecule has 1 saturated heterocycles. The van der Waals surface area contributed by atoms with Crippen LogP contribution in [0.15, 0.2) is 144 Å². The third kappa shape index (κ3) is 9.76. The third-order valence-corrected chi connectivity index (χ3v) is 9.63. The van der Waals surface area contributed by atoms with Gasteiger partial charge in [0.25, 0.3) is 0 Å². The maximum atomic E-state index is 7.14. The fourth-order valence-corrected chi connectivity index (χ4v) is 7.03. The molecule has 49 heavy (non-hydrogen) atoms. The van der Waals surface area contributed by atoms with Gasteiger partial charge in [0.1, 0.15) is 24.4 Å². The van der Waals surface area contributed by atoms with Crippen LogP contribution in [0, 0.1) is 6.92 Å². The Morgan fingerprint density at radius 3 is 1.51 bits per heavy atom. The van der Waals surface area contributed by atoms with Crippen LogP contribution in [-0.4, -0.2) is 37.1 Å². The monoisotopic (exact) mass is 720 g/mol. The summed E-state index contributed by atoms with van der Waals surface area (Å²) in [4.78, 5) is 0. The van der Waals surface area contributed by atoms with E-state index in [9.17, 15) is 0 Å². The molecular formula is C43H45BrO5. The van der Waals surface area contributed by atoms with Crippen molar-refractivity contribution in [2.75, 3.05) is 6.61 Å². The minimum Gasteiger partial charge on any atom is -0.374 e. The molecule has 5 aromatic rings. The Balaban J connectivity index is 1.36. The van der Waals surface area contributed by atoms with Crippen LogP contribution in [0.3, 0.4) is 0 Å². The number of aryl methyl sites for hydroxylation is 1. The van der Waals surface area contributed by atoms with Crippen LogP contribution in [0.5, 0.6) is 0 Å². The van der Waals surface area contributed by atoms with Crippen molar-refractivity contribution < 1.29 is 23.7 Å². The van der Waals surface area contributed by atoms with Gasteiger partial charge < -0.3 is 23.7 Å². The van der Waals surface area contributed by atoms with E-state index in [-0.39, 0.29) is 12.0 Å². The van der Waals surface area contributed by atoms with Crippen molar-refractivity contribution >= 4 is 15.9 Å². The van der Waals surface area contributed by atoms with Crippen LogP contribution in [0.25, 0.3) is 0 Å². The molecule has 0 N–H and O–H groups in total. The molecule has 1 fully saturated rings. The molecule has 1 unspecified atom stereocenters. The largest absolute Gasteiger partial charge is 0.374 e. The van der Waals surface area contributed by atoms with E-state index in [0.717, 1.165) is 26.7 Å². The second kappa shape index (κ2) is 17.9. The summed E-state index contributed by atoms with van der Waals surface area (Å²) in [6.07, 6.45) is -2.10. The molecule has 6 atom stereocenters. The molecule has 5 nitrogen and oxygen atoms in total. The topological polar surface area (TPSA) is 46.2 Å². The van der Waals surface area contributed by atoms with Crippen LogP contribution in [-0.2, 0) is 50.1 Å². The zero-order chi connectivity index (χ0) is 33.8. The fourth-order valence-electron chi connectivity index (χ4n) is 6.55. The molecule has 0 bridgehead atoms. The number of hydrogen-bond acceptors (Lipinski definition) is 5. The highest BCUT2D eigenvalue weighted by atomic mass is 79.9. The highest BCUT2D eigenvalue weighted by Crippen LogP contribution is 2.38. The number of ether oxygens (including phenoxy) is 5. The zero-order valence-electron chi connectivity index (χ0n) is 28.2. The zero-order valence-corrected chi connectivity index (χ0v) is 29.8. The molecular weight excluding hydrogens is 676 g/mol. The first-order chi connectivity index (χ1) is 24.0. The van der Waals surface area contributed by atoms with E-state index in [4.69, 9.17) is 23.7 Å². The average molecular weight is 722 g/mol. The summed E-state index contributed by atoms with van der Waals surface area (Å²) in [5.74, 6) is -0.0107. The Morgan fingerprint density at radius 2 is 1.02 bits per heavy atom. The van der Waals surface area contributed by atoms with E-state index in [1.807, 2.05) is 72.8 Å². The van der Waals surface area contributed by atoms with E-state index in [1.165, 1.54) is 11.1 Å². The van der Waals surface area contributed by atoms with Gasteiger partial charge in [0, 0.05) is 10.4 Å². The van der Waals surface area contributed by atoms with Gasteiger partial charge >= 0.3 is 0 Å². The van der Waals surface area contributed by atoms with Crippen molar-refractivity contribution in [2.24, 2.45) is 0 Å². The first-order valence-electron chi connectivity index (χ1n) is 17.0. The first-order valence-corrected chi connectivity index (χ1v) is 17.8. The Bertz CT molecular complexity index is 1690. The summed E-state index contributed by atoms with van der Waals surface area (Å²) in [5.41, 5.74) is 6.75. The summed E-state index contributed by atoms with van der Waals surface area (Å²) in [6, 6.07) is 47.4. The van der Waals surface area contributed by atoms with Gasteiger partial charge in [-0.1, -0.05) is 150 Å². The Hall–Kier alpha value is -3.62. The lowest BCUT2D eigenvalue weighted by Gasteiger charge is -2.48. The van der Waals surface area contributed by atoms with E-state index in [0.29, 0.717) is 33.0 Å². The minimum absolute atomic E-state index is 0.0107. The molecule has 6 heteroatoms. The fraction of sp³-hybridized carbons (Fsp3) is 0.302. The standard InChI is InChI=1S/C43H45BrO5/c1-31-25-37(44)23-24-38(31)32(2)40-42(47-28-35-19-11-5-12-20-35)43(48-29-36-21-13-6-14-22-36)41(46-27-34-17-9-4-10-18-34)39(49-40)30-45-26-33-15-7-3-8-16-33/h3-25,32,39-43H,26-30H2,1-2H3/t32?,39-,40-,41-,42-,43+/m1/s1. The van der Waals surface area contributed by atoms with Gasteiger partial charge in [-0.25, -0.2) is 0 Å². The molecule has 0 radical (unpaired) electrons. The van der Waals surface area contributed by atoms with Crippen molar-refractivity contribution in [3.8, 4) is 0 Å². The minimum atomic E-state index is -0.463. The van der Waals surface area contributed by atoms with Crippen LogP contribution < -0.4 is 0 Å². The van der Waals surface area contributed by atoms with Crippen LogP contribution in [0.4, 0.5) is 0 Å². The highest BCUT2D eigenvalue weighted by Gasteiger charge is 2.50. The molecule has 0 aliphatic carbocycles. The van der Waals surface area contributed by atoms with Crippen LogP contribution >= 0.6 is 15.9 Å². The van der Waals surface area contributed by atoms with E-state index < -0.39 is 24.4 Å². The average Bonchev–Trinajstić information content (AvgIpc) is 3.14. The van der Waals surface area contributed by atoms with E-state index in [2.05, 4.69) is 96.5 Å². The summed E-state index contributed by atoms with van der Waals surface area (Å²) < 4.78 is 35.3. The Kier molecular flexibility index (Phi) is 12.8. The molecule has 6 rings (SSSR count). The predicted octanol–water partition coefficient (Wildman–Crippen LogP) is 9.60. The van der Waals surface area contributed by atoms with Crippen molar-refractivity contribution in [3.05, 3.63) is 177 Å². The SMILES string of the molecule is Cc1cc(Br)ccc1C(C)[C@H]1O[C@H](COCc2ccccc2)[C@@H](OCc2ccccc2)[C@H](OCc2ccccc2)[C@@H]1OCc1ccccc1. The summed E-state index contributed by atoms with van der Waals surface area (Å²) in [6.45, 7) is 6.43. The Morgan fingerprint density at radius 1 is 0.571 bits per heavy atom. The number of benzene rings is 5. The number of halogens is 1. The molecule has 1 aliphatic heterocycles. The van der Waals surface area contributed by atoms with Crippen molar-refractivity contribution in [1.82, 2.24) is 0 Å². The lowest BCUT2D eigenvalue weighted by atomic mass is 9.83. The molecule has 0 spiro atoms.